The molecule has 1 unspecified atom stereocenters. The minimum absolute atomic E-state index is 0.0207. The molecule has 6 heteroatoms. The third-order valence-electron chi connectivity index (χ3n) is 3.21. The summed E-state index contributed by atoms with van der Waals surface area (Å²) in [5.41, 5.74) is 0.420. The summed E-state index contributed by atoms with van der Waals surface area (Å²) in [5.74, 6) is 0. The molecule has 1 aromatic carbocycles. The monoisotopic (exact) mass is 328 g/mol. The molecule has 0 fully saturated rings. The molecule has 0 saturated heterocycles. The van der Waals surface area contributed by atoms with Crippen LogP contribution in [-0.4, -0.2) is 24.3 Å². The summed E-state index contributed by atoms with van der Waals surface area (Å²) in [6.45, 7) is 8.44. The van der Waals surface area contributed by atoms with Gasteiger partial charge in [-0.05, 0) is 32.8 Å². The summed E-state index contributed by atoms with van der Waals surface area (Å²) in [5, 5.41) is 6.02. The van der Waals surface area contributed by atoms with Crippen molar-refractivity contribution in [3.8, 4) is 0 Å². The van der Waals surface area contributed by atoms with Crippen LogP contribution in [0.3, 0.4) is 0 Å². The van der Waals surface area contributed by atoms with Gasteiger partial charge in [0.15, 0.2) is 0 Å². The number of alkyl carbamates (subject to hydrolysis) is 1. The topological polar surface area (TPSA) is 50.4 Å². The summed E-state index contributed by atoms with van der Waals surface area (Å²) in [6.07, 6.45) is -2.07. The zero-order valence-electron chi connectivity index (χ0n) is 14.2. The number of halogens is 2. The van der Waals surface area contributed by atoms with Gasteiger partial charge in [-0.25, -0.2) is 13.6 Å². The van der Waals surface area contributed by atoms with Crippen molar-refractivity contribution in [1.29, 1.82) is 0 Å². The predicted molar refractivity (Wildman–Crippen MR) is 86.6 cm³/mol. The zero-order valence-corrected chi connectivity index (χ0v) is 14.2. The number of hydrogen-bond donors (Lipinski definition) is 2. The van der Waals surface area contributed by atoms with Crippen LogP contribution >= 0.6 is 0 Å². The van der Waals surface area contributed by atoms with E-state index in [2.05, 4.69) is 10.6 Å². The fourth-order valence-corrected chi connectivity index (χ4v) is 1.92. The van der Waals surface area contributed by atoms with Crippen LogP contribution in [0.1, 0.15) is 51.7 Å². The van der Waals surface area contributed by atoms with Gasteiger partial charge in [0.25, 0.3) is 6.43 Å². The number of carbonyl (C=O) groups excluding carboxylic acids is 1. The number of ether oxygens (including phenoxy) is 1. The van der Waals surface area contributed by atoms with Crippen LogP contribution in [0.5, 0.6) is 0 Å². The summed E-state index contributed by atoms with van der Waals surface area (Å²) in [6, 6.07) is 6.31. The van der Waals surface area contributed by atoms with Crippen LogP contribution in [0.2, 0.25) is 0 Å². The molecule has 0 heterocycles. The predicted octanol–water partition coefficient (Wildman–Crippen LogP) is 4.02. The van der Waals surface area contributed by atoms with Crippen LogP contribution in [0.15, 0.2) is 24.3 Å². The van der Waals surface area contributed by atoms with E-state index < -0.39 is 18.1 Å². The Morgan fingerprint density at radius 2 is 1.83 bits per heavy atom. The first kappa shape index (κ1) is 19.4. The molecule has 0 bridgehead atoms. The average molecular weight is 328 g/mol. The van der Waals surface area contributed by atoms with Gasteiger partial charge in [0, 0.05) is 24.7 Å². The van der Waals surface area contributed by atoms with Gasteiger partial charge in [0.2, 0.25) is 0 Å². The van der Waals surface area contributed by atoms with Crippen molar-refractivity contribution < 1.29 is 18.3 Å². The van der Waals surface area contributed by atoms with Gasteiger partial charge in [-0.15, -0.1) is 0 Å². The summed E-state index contributed by atoms with van der Waals surface area (Å²) in [7, 11) is 0. The second-order valence-electron chi connectivity index (χ2n) is 6.41. The molecule has 0 aromatic heterocycles. The molecule has 23 heavy (non-hydrogen) atoms. The van der Waals surface area contributed by atoms with Gasteiger partial charge in [0.1, 0.15) is 5.60 Å². The Balaban J connectivity index is 2.40. The smallest absolute Gasteiger partial charge is 0.407 e. The Labute approximate surface area is 136 Å². The lowest BCUT2D eigenvalue weighted by Gasteiger charge is -2.22. The Morgan fingerprint density at radius 1 is 1.22 bits per heavy atom. The zero-order chi connectivity index (χ0) is 17.5. The van der Waals surface area contributed by atoms with Gasteiger partial charge < -0.3 is 15.4 Å². The molecule has 1 atom stereocenters. The van der Waals surface area contributed by atoms with Crippen LogP contribution in [0.25, 0.3) is 0 Å². The van der Waals surface area contributed by atoms with Crippen LogP contribution in [0.4, 0.5) is 13.6 Å². The normalized spacial score (nSPS) is 13.0. The van der Waals surface area contributed by atoms with Crippen LogP contribution in [-0.2, 0) is 11.3 Å². The van der Waals surface area contributed by atoms with E-state index in [1.54, 1.807) is 12.1 Å². The van der Waals surface area contributed by atoms with Crippen molar-refractivity contribution in [1.82, 2.24) is 10.6 Å². The maximum absolute atomic E-state index is 12.5. The standard InChI is InChI=1S/C17H26F2N2O2/c1-5-14(11-21-16(22)23-17(2,3)4)20-10-12-6-8-13(9-7-12)15(18)19/h6-9,14-15,20H,5,10-11H2,1-4H3,(H,21,22). The van der Waals surface area contributed by atoms with Gasteiger partial charge in [0.05, 0.1) is 0 Å². The van der Waals surface area contributed by atoms with Crippen molar-refractivity contribution in [2.45, 2.75) is 58.7 Å². The van der Waals surface area contributed by atoms with Crippen molar-refractivity contribution in [3.63, 3.8) is 0 Å². The second kappa shape index (κ2) is 8.82. The molecule has 130 valence electrons. The lowest BCUT2D eigenvalue weighted by atomic mass is 10.1. The van der Waals surface area contributed by atoms with Gasteiger partial charge >= 0.3 is 6.09 Å². The summed E-state index contributed by atoms with van der Waals surface area (Å²) in [4.78, 5) is 11.6. The molecule has 0 aliphatic carbocycles. The van der Waals surface area contributed by atoms with Crippen molar-refractivity contribution in [2.24, 2.45) is 0 Å². The highest BCUT2D eigenvalue weighted by atomic mass is 19.3. The quantitative estimate of drug-likeness (QED) is 0.795. The Bertz CT molecular complexity index is 484. The van der Waals surface area contributed by atoms with E-state index in [0.717, 1.165) is 12.0 Å². The molecule has 0 radical (unpaired) electrons. The Morgan fingerprint density at radius 3 is 2.30 bits per heavy atom. The van der Waals surface area contributed by atoms with Crippen LogP contribution < -0.4 is 10.6 Å². The van der Waals surface area contributed by atoms with Crippen molar-refractivity contribution in [3.05, 3.63) is 35.4 Å². The van der Waals surface area contributed by atoms with Crippen molar-refractivity contribution in [2.75, 3.05) is 6.54 Å². The van der Waals surface area contributed by atoms with E-state index >= 15 is 0 Å². The summed E-state index contributed by atoms with van der Waals surface area (Å²) < 4.78 is 30.2. The van der Waals surface area contributed by atoms with Gasteiger partial charge in [-0.1, -0.05) is 31.2 Å². The molecule has 0 aliphatic heterocycles. The lowest BCUT2D eigenvalue weighted by molar-refractivity contribution is 0.0522. The van der Waals surface area contributed by atoms with E-state index in [1.165, 1.54) is 12.1 Å². The second-order valence-corrected chi connectivity index (χ2v) is 6.41. The molecule has 4 nitrogen and oxygen atoms in total. The fraction of sp³-hybridized carbons (Fsp3) is 0.588. The molecule has 0 saturated carbocycles. The van der Waals surface area contributed by atoms with Gasteiger partial charge in [-0.2, -0.15) is 0 Å². The maximum Gasteiger partial charge on any atom is 0.407 e. The Hall–Kier alpha value is -1.69. The van der Waals surface area contributed by atoms with E-state index in [-0.39, 0.29) is 11.6 Å². The number of nitrogens with one attached hydrogen (secondary N) is 2. The molecule has 2 N–H and O–H groups in total. The first-order valence-electron chi connectivity index (χ1n) is 7.78. The Kier molecular flexibility index (Phi) is 7.42. The number of amides is 1. The number of carbonyl (C=O) groups is 1. The highest BCUT2D eigenvalue weighted by Crippen LogP contribution is 2.18. The van der Waals surface area contributed by atoms with Crippen LogP contribution in [0, 0.1) is 0 Å². The van der Waals surface area contributed by atoms with E-state index in [9.17, 15) is 13.6 Å². The SMILES string of the molecule is CCC(CNC(=O)OC(C)(C)C)NCc1ccc(C(F)F)cc1. The highest BCUT2D eigenvalue weighted by Gasteiger charge is 2.17. The lowest BCUT2D eigenvalue weighted by Crippen LogP contribution is -2.42. The maximum atomic E-state index is 12.5. The third-order valence-corrected chi connectivity index (χ3v) is 3.21. The molecule has 1 aromatic rings. The number of hydrogen-bond acceptors (Lipinski definition) is 3. The molecular weight excluding hydrogens is 302 g/mol. The first-order chi connectivity index (χ1) is 10.7. The summed E-state index contributed by atoms with van der Waals surface area (Å²) >= 11 is 0. The molecule has 1 rings (SSSR count). The van der Waals surface area contributed by atoms with E-state index in [4.69, 9.17) is 4.74 Å². The molecular formula is C17H26F2N2O2. The van der Waals surface area contributed by atoms with Gasteiger partial charge in [-0.3, -0.25) is 0 Å². The third kappa shape index (κ3) is 7.93. The minimum atomic E-state index is -2.45. The molecule has 0 aliphatic rings. The highest BCUT2D eigenvalue weighted by molar-refractivity contribution is 5.67. The number of alkyl halides is 2. The minimum Gasteiger partial charge on any atom is -0.444 e. The largest absolute Gasteiger partial charge is 0.444 e. The molecule has 1 amide bonds. The van der Waals surface area contributed by atoms with E-state index in [1.807, 2.05) is 27.7 Å². The first-order valence-corrected chi connectivity index (χ1v) is 7.78. The number of rotatable bonds is 7. The molecule has 0 spiro atoms. The number of benzene rings is 1. The van der Waals surface area contributed by atoms with E-state index in [0.29, 0.717) is 13.1 Å². The average Bonchev–Trinajstić information content (AvgIpc) is 2.46. The fourth-order valence-electron chi connectivity index (χ4n) is 1.92. The van der Waals surface area contributed by atoms with Crippen molar-refractivity contribution >= 4 is 6.09 Å².